The highest BCUT2D eigenvalue weighted by Gasteiger charge is 2.17. The molecular formula is C11H12N4O2S. The van der Waals surface area contributed by atoms with E-state index >= 15 is 0 Å². The van der Waals surface area contributed by atoms with Crippen LogP contribution in [0, 0.1) is 0 Å². The van der Waals surface area contributed by atoms with Crippen molar-refractivity contribution in [1.29, 1.82) is 0 Å². The first-order valence-corrected chi connectivity index (χ1v) is 6.07. The summed E-state index contributed by atoms with van der Waals surface area (Å²) in [7, 11) is 1.51. The van der Waals surface area contributed by atoms with Gasteiger partial charge in [0.1, 0.15) is 10.4 Å². The van der Waals surface area contributed by atoms with E-state index in [0.717, 1.165) is 4.70 Å². The van der Waals surface area contributed by atoms with E-state index in [9.17, 15) is 9.59 Å². The lowest BCUT2D eigenvalue weighted by Crippen LogP contribution is -2.35. The van der Waals surface area contributed by atoms with Gasteiger partial charge in [-0.15, -0.1) is 11.3 Å². The number of thiophene rings is 1. The van der Waals surface area contributed by atoms with Crippen molar-refractivity contribution in [3.05, 3.63) is 23.2 Å². The van der Waals surface area contributed by atoms with Crippen LogP contribution in [-0.4, -0.2) is 30.4 Å². The molecule has 0 aliphatic rings. The maximum Gasteiger partial charge on any atom is 0.264 e. The Balaban J connectivity index is 2.23. The van der Waals surface area contributed by atoms with E-state index in [-0.39, 0.29) is 18.4 Å². The molecular weight excluding hydrogens is 252 g/mol. The Labute approximate surface area is 107 Å². The first-order valence-electron chi connectivity index (χ1n) is 5.25. The summed E-state index contributed by atoms with van der Waals surface area (Å²) in [6, 6.07) is 3.63. The monoisotopic (exact) mass is 264 g/mol. The highest BCUT2D eigenvalue weighted by atomic mass is 32.1. The van der Waals surface area contributed by atoms with E-state index in [4.69, 9.17) is 5.73 Å². The summed E-state index contributed by atoms with van der Waals surface area (Å²) >= 11 is 1.26. The first-order chi connectivity index (χ1) is 8.63. The molecule has 18 heavy (non-hydrogen) atoms. The number of carbonyl (C=O) groups is 2. The lowest BCUT2D eigenvalue weighted by atomic mass is 10.3. The van der Waals surface area contributed by atoms with Gasteiger partial charge in [-0.2, -0.15) is 0 Å². The van der Waals surface area contributed by atoms with E-state index < -0.39 is 0 Å². The van der Waals surface area contributed by atoms with Crippen molar-refractivity contribution in [3.8, 4) is 0 Å². The zero-order chi connectivity index (χ0) is 13.1. The number of rotatable bonds is 3. The van der Waals surface area contributed by atoms with Crippen molar-refractivity contribution < 1.29 is 9.59 Å². The fraction of sp³-hybridized carbons (Fsp3) is 0.182. The first kappa shape index (κ1) is 12.3. The molecule has 2 aromatic rings. The average Bonchev–Trinajstić information content (AvgIpc) is 2.73. The van der Waals surface area contributed by atoms with Gasteiger partial charge in [0.2, 0.25) is 5.91 Å². The van der Waals surface area contributed by atoms with Gasteiger partial charge in [0.05, 0.1) is 16.9 Å². The van der Waals surface area contributed by atoms with E-state index in [1.807, 2.05) is 6.07 Å². The van der Waals surface area contributed by atoms with Gasteiger partial charge in [0.15, 0.2) is 0 Å². The van der Waals surface area contributed by atoms with Gasteiger partial charge in [0, 0.05) is 13.2 Å². The minimum Gasteiger partial charge on any atom is -0.396 e. The molecule has 4 N–H and O–H groups in total. The SMILES string of the molecule is CNC(=O)CNC(=O)c1sc2cccnc2c1N. The second kappa shape index (κ2) is 5.01. The van der Waals surface area contributed by atoms with Crippen LogP contribution in [0.1, 0.15) is 9.67 Å². The number of anilines is 1. The second-order valence-corrected chi connectivity index (χ2v) is 4.60. The molecule has 0 aromatic carbocycles. The quantitative estimate of drug-likeness (QED) is 0.745. The van der Waals surface area contributed by atoms with Crippen LogP contribution in [0.5, 0.6) is 0 Å². The Morgan fingerprint density at radius 3 is 2.94 bits per heavy atom. The molecule has 0 saturated carbocycles. The van der Waals surface area contributed by atoms with Crippen LogP contribution in [0.3, 0.4) is 0 Å². The molecule has 0 fully saturated rings. The number of pyridine rings is 1. The summed E-state index contributed by atoms with van der Waals surface area (Å²) in [6.45, 7) is -0.0730. The van der Waals surface area contributed by atoms with Crippen LogP contribution in [0.4, 0.5) is 5.69 Å². The van der Waals surface area contributed by atoms with Crippen molar-refractivity contribution in [3.63, 3.8) is 0 Å². The third-order valence-electron chi connectivity index (χ3n) is 2.38. The molecule has 2 aromatic heterocycles. The van der Waals surface area contributed by atoms with E-state index in [2.05, 4.69) is 15.6 Å². The highest BCUT2D eigenvalue weighted by molar-refractivity contribution is 7.21. The van der Waals surface area contributed by atoms with Gasteiger partial charge in [-0.3, -0.25) is 14.6 Å². The number of nitrogens with zero attached hydrogens (tertiary/aromatic N) is 1. The van der Waals surface area contributed by atoms with Gasteiger partial charge in [-0.1, -0.05) is 0 Å². The van der Waals surface area contributed by atoms with Gasteiger partial charge in [0.25, 0.3) is 5.91 Å². The molecule has 0 unspecified atom stereocenters. The smallest absolute Gasteiger partial charge is 0.264 e. The standard InChI is InChI=1S/C11H12N4O2S/c1-13-7(16)5-15-11(17)10-8(12)9-6(18-10)3-2-4-14-9/h2-4H,5,12H2,1H3,(H,13,16)(H,15,17). The summed E-state index contributed by atoms with van der Waals surface area (Å²) in [4.78, 5) is 27.4. The van der Waals surface area contributed by atoms with Gasteiger partial charge in [-0.05, 0) is 12.1 Å². The second-order valence-electron chi connectivity index (χ2n) is 3.55. The molecule has 2 amide bonds. The van der Waals surface area contributed by atoms with Crippen molar-refractivity contribution in [1.82, 2.24) is 15.6 Å². The summed E-state index contributed by atoms with van der Waals surface area (Å²) in [6.07, 6.45) is 1.62. The lowest BCUT2D eigenvalue weighted by Gasteiger charge is -2.02. The molecule has 2 rings (SSSR count). The van der Waals surface area contributed by atoms with Crippen LogP contribution in [0.2, 0.25) is 0 Å². The third-order valence-corrected chi connectivity index (χ3v) is 3.54. The highest BCUT2D eigenvalue weighted by Crippen LogP contribution is 2.31. The van der Waals surface area contributed by atoms with Crippen molar-refractivity contribution in [2.75, 3.05) is 19.3 Å². The average molecular weight is 264 g/mol. The molecule has 0 radical (unpaired) electrons. The van der Waals surface area contributed by atoms with E-state index in [0.29, 0.717) is 16.1 Å². The Hall–Kier alpha value is -2.15. The topological polar surface area (TPSA) is 97.1 Å². The molecule has 0 aliphatic heterocycles. The van der Waals surface area contributed by atoms with E-state index in [1.165, 1.54) is 18.4 Å². The minimum atomic E-state index is -0.362. The van der Waals surface area contributed by atoms with E-state index in [1.54, 1.807) is 12.3 Å². The molecule has 0 atom stereocenters. The Kier molecular flexibility index (Phi) is 3.42. The van der Waals surface area contributed by atoms with Crippen LogP contribution >= 0.6 is 11.3 Å². The van der Waals surface area contributed by atoms with Crippen molar-refractivity contribution in [2.24, 2.45) is 0 Å². The molecule has 94 valence electrons. The molecule has 0 saturated heterocycles. The Morgan fingerprint density at radius 1 is 1.50 bits per heavy atom. The van der Waals surface area contributed by atoms with Crippen molar-refractivity contribution in [2.45, 2.75) is 0 Å². The Bertz CT molecular complexity index is 608. The summed E-state index contributed by atoms with van der Waals surface area (Å²) in [5, 5.41) is 4.92. The number of amides is 2. The molecule has 0 aliphatic carbocycles. The van der Waals surface area contributed by atoms with Crippen molar-refractivity contribution >= 4 is 39.1 Å². The largest absolute Gasteiger partial charge is 0.396 e. The van der Waals surface area contributed by atoms with Gasteiger partial charge in [-0.25, -0.2) is 0 Å². The van der Waals surface area contributed by atoms with Crippen LogP contribution in [0.15, 0.2) is 18.3 Å². The number of aromatic nitrogens is 1. The molecule has 2 heterocycles. The summed E-state index contributed by atoms with van der Waals surface area (Å²) in [5.74, 6) is -0.625. The zero-order valence-corrected chi connectivity index (χ0v) is 10.5. The van der Waals surface area contributed by atoms with Gasteiger partial charge >= 0.3 is 0 Å². The number of carbonyl (C=O) groups excluding carboxylic acids is 2. The minimum absolute atomic E-state index is 0.0730. The number of fused-ring (bicyclic) bond motifs is 1. The number of hydrogen-bond acceptors (Lipinski definition) is 5. The number of nitrogens with two attached hydrogens (primary N) is 1. The predicted octanol–water partition coefficient (Wildman–Crippen LogP) is 0.354. The third kappa shape index (κ3) is 2.25. The van der Waals surface area contributed by atoms with Crippen LogP contribution in [-0.2, 0) is 4.79 Å². The number of hydrogen-bond donors (Lipinski definition) is 3. The van der Waals surface area contributed by atoms with Crippen LogP contribution < -0.4 is 16.4 Å². The maximum absolute atomic E-state index is 11.9. The lowest BCUT2D eigenvalue weighted by molar-refractivity contribution is -0.119. The fourth-order valence-corrected chi connectivity index (χ4v) is 2.44. The summed E-state index contributed by atoms with van der Waals surface area (Å²) < 4.78 is 0.847. The molecule has 0 bridgehead atoms. The predicted molar refractivity (Wildman–Crippen MR) is 70.4 cm³/mol. The van der Waals surface area contributed by atoms with Gasteiger partial charge < -0.3 is 16.4 Å². The number of nitrogens with one attached hydrogen (secondary N) is 2. The summed E-state index contributed by atoms with van der Waals surface area (Å²) in [5.41, 5.74) is 6.84. The number of nitrogen functional groups attached to an aromatic ring is 1. The normalized spacial score (nSPS) is 10.3. The molecule has 6 nitrogen and oxygen atoms in total. The maximum atomic E-state index is 11.9. The van der Waals surface area contributed by atoms with Crippen LogP contribution in [0.25, 0.3) is 10.2 Å². The molecule has 7 heteroatoms. The number of likely N-dealkylation sites (N-methyl/N-ethyl adjacent to an activating group) is 1. The molecule has 0 spiro atoms. The fourth-order valence-electron chi connectivity index (χ4n) is 1.45. The Morgan fingerprint density at radius 2 is 2.28 bits per heavy atom. The zero-order valence-electron chi connectivity index (χ0n) is 9.69.